The van der Waals surface area contributed by atoms with E-state index in [9.17, 15) is 0 Å². The topological polar surface area (TPSA) is 25.8 Å². The van der Waals surface area contributed by atoms with Crippen molar-refractivity contribution >= 4 is 11.7 Å². The maximum Gasteiger partial charge on any atom is 0.125 e. The van der Waals surface area contributed by atoms with Crippen LogP contribution in [0.3, 0.4) is 0 Å². The standard InChI is InChI=1S/C2HN2S/c1-2-4-5-3-1/h1H. The molecule has 0 aliphatic carbocycles. The molecule has 0 atom stereocenters. The predicted octanol–water partition coefficient (Wildman–Crippen LogP) is 0.338. The molecular weight excluding hydrogens is 84.1 g/mol. The van der Waals surface area contributed by atoms with Crippen LogP contribution in [0.4, 0.5) is 0 Å². The van der Waals surface area contributed by atoms with E-state index < -0.39 is 0 Å². The first-order chi connectivity index (χ1) is 2.50. The van der Waals surface area contributed by atoms with Crippen LogP contribution in [0, 0.1) is 6.20 Å². The Morgan fingerprint density at radius 3 is 3.00 bits per heavy atom. The average Bonchev–Trinajstić information content (AvgIpc) is 1.76. The van der Waals surface area contributed by atoms with E-state index in [0.29, 0.717) is 0 Å². The number of aromatic nitrogens is 2. The summed E-state index contributed by atoms with van der Waals surface area (Å²) >= 11 is 1.16. The van der Waals surface area contributed by atoms with Gasteiger partial charge in [-0.3, -0.25) is 0 Å². The van der Waals surface area contributed by atoms with Crippen LogP contribution >= 0.6 is 11.7 Å². The fraction of sp³-hybridized carbons (Fsp3) is 0. The molecule has 3 heteroatoms. The number of nitrogens with zero attached hydrogens (tertiary/aromatic N) is 2. The average molecular weight is 85.1 g/mol. The van der Waals surface area contributed by atoms with E-state index in [1.807, 2.05) is 0 Å². The lowest BCUT2D eigenvalue weighted by Gasteiger charge is -1.38. The Hall–Kier alpha value is -0.440. The number of rotatable bonds is 0. The van der Waals surface area contributed by atoms with Gasteiger partial charge in [0.15, 0.2) is 0 Å². The Morgan fingerprint density at radius 1 is 1.80 bits per heavy atom. The third-order valence-electron chi connectivity index (χ3n) is 0.251. The van der Waals surface area contributed by atoms with Crippen molar-refractivity contribution in [2.45, 2.75) is 0 Å². The normalized spacial score (nSPS) is 8.00. The SMILES string of the molecule is [c]1cnsn1. The molecule has 0 bridgehead atoms. The Balaban J connectivity index is 3.13. The predicted molar refractivity (Wildman–Crippen MR) is 18.7 cm³/mol. The zero-order valence-electron chi connectivity index (χ0n) is 2.38. The largest absolute Gasteiger partial charge is 0.181 e. The lowest BCUT2D eigenvalue weighted by atomic mass is 11.0. The molecule has 1 rings (SSSR count). The van der Waals surface area contributed by atoms with E-state index in [1.54, 1.807) is 0 Å². The summed E-state index contributed by atoms with van der Waals surface area (Å²) in [7, 11) is 0. The quantitative estimate of drug-likeness (QED) is 0.454. The van der Waals surface area contributed by atoms with Gasteiger partial charge in [-0.05, 0) is 0 Å². The van der Waals surface area contributed by atoms with Gasteiger partial charge in [0.2, 0.25) is 0 Å². The second kappa shape index (κ2) is 1.12. The van der Waals surface area contributed by atoms with Crippen LogP contribution in [0.25, 0.3) is 0 Å². The fourth-order valence-corrected chi connectivity index (χ4v) is 0.354. The monoisotopic (exact) mass is 85.0 g/mol. The van der Waals surface area contributed by atoms with Crippen LogP contribution in [0.1, 0.15) is 0 Å². The summed E-state index contributed by atoms with van der Waals surface area (Å²) in [4.78, 5) is 0. The van der Waals surface area contributed by atoms with Crippen molar-refractivity contribution in [3.8, 4) is 0 Å². The van der Waals surface area contributed by atoms with Gasteiger partial charge in [0.25, 0.3) is 0 Å². The smallest absolute Gasteiger partial charge is 0.125 e. The molecule has 0 spiro atoms. The van der Waals surface area contributed by atoms with Crippen LogP contribution in [0.2, 0.25) is 0 Å². The Bertz CT molecular complexity index is 64.1. The molecule has 0 fully saturated rings. The third-order valence-corrected chi connectivity index (χ3v) is 0.638. The highest BCUT2D eigenvalue weighted by Gasteiger charge is 1.63. The van der Waals surface area contributed by atoms with Crippen LogP contribution < -0.4 is 0 Å². The van der Waals surface area contributed by atoms with Crippen molar-refractivity contribution in [3.63, 3.8) is 0 Å². The first-order valence-corrected chi connectivity index (χ1v) is 1.87. The second-order valence-electron chi connectivity index (χ2n) is 0.537. The molecule has 5 heavy (non-hydrogen) atoms. The van der Waals surface area contributed by atoms with Crippen molar-refractivity contribution < 1.29 is 0 Å². The van der Waals surface area contributed by atoms with E-state index >= 15 is 0 Å². The molecule has 0 saturated carbocycles. The molecule has 25 valence electrons. The summed E-state index contributed by atoms with van der Waals surface area (Å²) in [6.45, 7) is 0. The molecule has 0 aliphatic heterocycles. The minimum atomic E-state index is 1.16. The molecule has 1 aromatic heterocycles. The molecule has 0 saturated heterocycles. The Labute approximate surface area is 33.8 Å². The summed E-state index contributed by atoms with van der Waals surface area (Å²) in [5, 5.41) is 0. The van der Waals surface area contributed by atoms with Crippen molar-refractivity contribution in [1.82, 2.24) is 8.75 Å². The maximum absolute atomic E-state index is 3.60. The van der Waals surface area contributed by atoms with Gasteiger partial charge in [0.05, 0.1) is 17.9 Å². The van der Waals surface area contributed by atoms with Gasteiger partial charge >= 0.3 is 0 Å². The first-order valence-electron chi connectivity index (χ1n) is 1.14. The molecule has 0 N–H and O–H groups in total. The van der Waals surface area contributed by atoms with Crippen LogP contribution in [-0.2, 0) is 0 Å². The lowest BCUT2D eigenvalue weighted by Crippen LogP contribution is -1.35. The number of hydrogen-bond donors (Lipinski definition) is 0. The first kappa shape index (κ1) is 2.78. The second-order valence-corrected chi connectivity index (χ2v) is 1.09. The third kappa shape index (κ3) is 0.417. The molecular formula is C2HN2S. The van der Waals surface area contributed by atoms with E-state index in [4.69, 9.17) is 0 Å². The van der Waals surface area contributed by atoms with Gasteiger partial charge in [-0.1, -0.05) is 0 Å². The highest BCUT2D eigenvalue weighted by Crippen LogP contribution is 1.73. The van der Waals surface area contributed by atoms with Gasteiger partial charge < -0.3 is 0 Å². The summed E-state index contributed by atoms with van der Waals surface area (Å²) in [6.07, 6.45) is 4.05. The highest BCUT2D eigenvalue weighted by atomic mass is 32.1. The summed E-state index contributed by atoms with van der Waals surface area (Å²) in [6, 6.07) is 0. The Morgan fingerprint density at radius 2 is 2.80 bits per heavy atom. The zero-order chi connectivity index (χ0) is 3.54. The molecule has 0 aliphatic rings. The molecule has 0 aromatic carbocycles. The van der Waals surface area contributed by atoms with Gasteiger partial charge in [0, 0.05) is 0 Å². The molecule has 0 amide bonds. The molecule has 0 unspecified atom stereocenters. The van der Waals surface area contributed by atoms with Crippen LogP contribution in [0.15, 0.2) is 6.20 Å². The van der Waals surface area contributed by atoms with Gasteiger partial charge in [-0.15, -0.1) is 0 Å². The van der Waals surface area contributed by atoms with E-state index in [-0.39, 0.29) is 0 Å². The number of hydrogen-bond acceptors (Lipinski definition) is 3. The molecule has 2 nitrogen and oxygen atoms in total. The van der Waals surface area contributed by atoms with Crippen molar-refractivity contribution in [1.29, 1.82) is 0 Å². The van der Waals surface area contributed by atoms with Gasteiger partial charge in [-0.2, -0.15) is 8.75 Å². The maximum atomic E-state index is 3.60. The highest BCUT2D eigenvalue weighted by molar-refractivity contribution is 6.98. The molecule has 1 radical (unpaired) electrons. The van der Waals surface area contributed by atoms with Gasteiger partial charge in [0.1, 0.15) is 6.20 Å². The van der Waals surface area contributed by atoms with Gasteiger partial charge in [-0.25, -0.2) is 0 Å². The minimum Gasteiger partial charge on any atom is -0.181 e. The van der Waals surface area contributed by atoms with Crippen LogP contribution in [0.5, 0.6) is 0 Å². The summed E-state index contributed by atoms with van der Waals surface area (Å²) in [5.74, 6) is 0. The summed E-state index contributed by atoms with van der Waals surface area (Å²) < 4.78 is 7.12. The minimum absolute atomic E-state index is 1.16. The lowest BCUT2D eigenvalue weighted by molar-refractivity contribution is 1.51. The zero-order valence-corrected chi connectivity index (χ0v) is 3.20. The Kier molecular flexibility index (Phi) is 0.624. The molecule has 1 heterocycles. The summed E-state index contributed by atoms with van der Waals surface area (Å²) in [5.41, 5.74) is 0. The van der Waals surface area contributed by atoms with E-state index in [0.717, 1.165) is 11.7 Å². The van der Waals surface area contributed by atoms with Crippen molar-refractivity contribution in [2.24, 2.45) is 0 Å². The molecule has 1 aromatic rings. The van der Waals surface area contributed by atoms with Crippen molar-refractivity contribution in [2.75, 3.05) is 0 Å². The van der Waals surface area contributed by atoms with E-state index in [1.165, 1.54) is 6.20 Å². The van der Waals surface area contributed by atoms with Crippen molar-refractivity contribution in [3.05, 3.63) is 12.4 Å². The fourth-order valence-electron chi connectivity index (χ4n) is 0.118. The van der Waals surface area contributed by atoms with E-state index in [2.05, 4.69) is 14.9 Å². The van der Waals surface area contributed by atoms with Crippen LogP contribution in [-0.4, -0.2) is 8.75 Å².